The number of aromatic nitrogens is 2. The zero-order valence-electron chi connectivity index (χ0n) is 14.5. The van der Waals surface area contributed by atoms with Gasteiger partial charge in [0.1, 0.15) is 5.82 Å². The molecule has 2 aromatic rings. The summed E-state index contributed by atoms with van der Waals surface area (Å²) in [6, 6.07) is 9.39. The van der Waals surface area contributed by atoms with E-state index in [1.807, 2.05) is 11.1 Å². The van der Waals surface area contributed by atoms with E-state index in [-0.39, 0.29) is 5.91 Å². The van der Waals surface area contributed by atoms with Crippen LogP contribution < -0.4 is 0 Å². The summed E-state index contributed by atoms with van der Waals surface area (Å²) in [5, 5.41) is 9.05. The lowest BCUT2D eigenvalue weighted by atomic mass is 10.0. The van der Waals surface area contributed by atoms with Crippen molar-refractivity contribution in [2.45, 2.75) is 44.6 Å². The van der Waals surface area contributed by atoms with Crippen molar-refractivity contribution < 1.29 is 4.79 Å². The fraction of sp³-hybridized carbons (Fsp3) is 0.450. The van der Waals surface area contributed by atoms with Crippen LogP contribution in [0.15, 0.2) is 30.5 Å². The molecule has 5 heteroatoms. The van der Waals surface area contributed by atoms with Crippen molar-refractivity contribution in [2.75, 3.05) is 13.1 Å². The fourth-order valence-corrected chi connectivity index (χ4v) is 3.84. The van der Waals surface area contributed by atoms with E-state index in [1.54, 1.807) is 24.3 Å². The van der Waals surface area contributed by atoms with Gasteiger partial charge >= 0.3 is 0 Å². The smallest absolute Gasteiger partial charge is 0.253 e. The van der Waals surface area contributed by atoms with Gasteiger partial charge < -0.3 is 9.47 Å². The predicted octanol–water partition coefficient (Wildman–Crippen LogP) is 3.42. The second-order valence-electron chi connectivity index (χ2n) is 7.14. The molecule has 1 saturated carbocycles. The van der Waals surface area contributed by atoms with Crippen LogP contribution in [0.25, 0.3) is 0 Å². The van der Waals surface area contributed by atoms with E-state index in [9.17, 15) is 4.79 Å². The second-order valence-corrected chi connectivity index (χ2v) is 7.14. The molecule has 5 nitrogen and oxygen atoms in total. The molecule has 25 heavy (non-hydrogen) atoms. The molecule has 1 aliphatic heterocycles. The minimum Gasteiger partial charge on any atom is -0.337 e. The Labute approximate surface area is 147 Å². The number of imidazole rings is 1. The molecule has 1 aromatic heterocycles. The fourth-order valence-electron chi connectivity index (χ4n) is 3.84. The first kappa shape index (κ1) is 15.9. The Balaban J connectivity index is 1.56. The quantitative estimate of drug-likeness (QED) is 0.864. The van der Waals surface area contributed by atoms with Crippen LogP contribution in [0.2, 0.25) is 0 Å². The summed E-state index contributed by atoms with van der Waals surface area (Å²) < 4.78 is 2.36. The van der Waals surface area contributed by atoms with E-state index in [1.165, 1.54) is 24.4 Å². The van der Waals surface area contributed by atoms with Gasteiger partial charge in [0.25, 0.3) is 5.91 Å². The van der Waals surface area contributed by atoms with Crippen LogP contribution in [0.1, 0.15) is 65.1 Å². The third-order valence-electron chi connectivity index (χ3n) is 5.24. The molecular formula is C20H22N4O. The summed E-state index contributed by atoms with van der Waals surface area (Å²) >= 11 is 0. The third kappa shape index (κ3) is 3.05. The largest absolute Gasteiger partial charge is 0.337 e. The number of nitriles is 1. The van der Waals surface area contributed by atoms with E-state index >= 15 is 0 Å². The number of aryl methyl sites for hydroxylation is 1. The van der Waals surface area contributed by atoms with Gasteiger partial charge in [-0.3, -0.25) is 4.79 Å². The standard InChI is InChI=1S/C20H22N4O/c1-14-12-22-19(16-7-8-16)24(14)18-6-3-9-23(13-18)20(25)17-5-2-4-15(10-17)11-21/h2,4-5,10,12,16,18H,3,6-9,13H2,1H3. The maximum absolute atomic E-state index is 12.9. The maximum Gasteiger partial charge on any atom is 0.253 e. The first-order chi connectivity index (χ1) is 12.2. The molecule has 0 radical (unpaired) electrons. The van der Waals surface area contributed by atoms with E-state index in [0.717, 1.165) is 19.4 Å². The van der Waals surface area contributed by atoms with Crippen LogP contribution in [-0.2, 0) is 0 Å². The van der Waals surface area contributed by atoms with Gasteiger partial charge in [-0.1, -0.05) is 6.07 Å². The first-order valence-electron chi connectivity index (χ1n) is 9.00. The highest BCUT2D eigenvalue weighted by molar-refractivity contribution is 5.94. The molecule has 1 atom stereocenters. The lowest BCUT2D eigenvalue weighted by Crippen LogP contribution is -2.41. The molecule has 4 rings (SSSR count). The predicted molar refractivity (Wildman–Crippen MR) is 94.3 cm³/mol. The molecule has 128 valence electrons. The zero-order valence-corrected chi connectivity index (χ0v) is 14.5. The van der Waals surface area contributed by atoms with Gasteiger partial charge in [-0.25, -0.2) is 4.98 Å². The number of carbonyl (C=O) groups excluding carboxylic acids is 1. The van der Waals surface area contributed by atoms with Gasteiger partial charge in [-0.15, -0.1) is 0 Å². The molecule has 1 aromatic carbocycles. The highest BCUT2D eigenvalue weighted by atomic mass is 16.2. The molecule has 1 saturated heterocycles. The van der Waals surface area contributed by atoms with Crippen molar-refractivity contribution in [3.63, 3.8) is 0 Å². The van der Waals surface area contributed by atoms with E-state index < -0.39 is 0 Å². The normalized spacial score (nSPS) is 20.3. The Hall–Kier alpha value is -2.61. The van der Waals surface area contributed by atoms with E-state index in [2.05, 4.69) is 22.5 Å². The average Bonchev–Trinajstić information content (AvgIpc) is 3.43. The summed E-state index contributed by atoms with van der Waals surface area (Å²) in [6.45, 7) is 3.60. The monoisotopic (exact) mass is 334 g/mol. The Morgan fingerprint density at radius 1 is 1.32 bits per heavy atom. The molecule has 0 N–H and O–H groups in total. The summed E-state index contributed by atoms with van der Waals surface area (Å²) in [6.07, 6.45) is 6.50. The Bertz CT molecular complexity index is 844. The van der Waals surface area contributed by atoms with Crippen LogP contribution >= 0.6 is 0 Å². The van der Waals surface area contributed by atoms with Gasteiger partial charge in [0.2, 0.25) is 0 Å². The number of nitrogens with zero attached hydrogens (tertiary/aromatic N) is 4. The Kier molecular flexibility index (Phi) is 4.04. The molecular weight excluding hydrogens is 312 g/mol. The van der Waals surface area contributed by atoms with Crippen LogP contribution in [0.3, 0.4) is 0 Å². The van der Waals surface area contributed by atoms with Crippen molar-refractivity contribution >= 4 is 5.91 Å². The zero-order chi connectivity index (χ0) is 17.4. The van der Waals surface area contributed by atoms with Crippen LogP contribution in [0.4, 0.5) is 0 Å². The van der Waals surface area contributed by atoms with E-state index in [4.69, 9.17) is 5.26 Å². The number of rotatable bonds is 3. The lowest BCUT2D eigenvalue weighted by molar-refractivity contribution is 0.0676. The Morgan fingerprint density at radius 2 is 2.16 bits per heavy atom. The number of carbonyl (C=O) groups is 1. The minimum absolute atomic E-state index is 0.0209. The molecule has 1 amide bonds. The number of hydrogen-bond acceptors (Lipinski definition) is 3. The highest BCUT2D eigenvalue weighted by Gasteiger charge is 2.33. The van der Waals surface area contributed by atoms with Gasteiger partial charge in [0.05, 0.1) is 17.7 Å². The first-order valence-corrected chi connectivity index (χ1v) is 9.00. The number of hydrogen-bond donors (Lipinski definition) is 0. The molecule has 2 aliphatic rings. The average molecular weight is 334 g/mol. The molecule has 0 bridgehead atoms. The van der Waals surface area contributed by atoms with Crippen LogP contribution in [-0.4, -0.2) is 33.4 Å². The lowest BCUT2D eigenvalue weighted by Gasteiger charge is -2.35. The van der Waals surface area contributed by atoms with Gasteiger partial charge in [0, 0.05) is 36.5 Å². The number of piperidine rings is 1. The molecule has 1 unspecified atom stereocenters. The number of amides is 1. The van der Waals surface area contributed by atoms with Gasteiger partial charge in [-0.05, 0) is 50.8 Å². The molecule has 2 heterocycles. The van der Waals surface area contributed by atoms with Crippen LogP contribution in [0.5, 0.6) is 0 Å². The SMILES string of the molecule is Cc1cnc(C2CC2)n1C1CCCN(C(=O)c2cccc(C#N)c2)C1. The Morgan fingerprint density at radius 3 is 2.92 bits per heavy atom. The van der Waals surface area contributed by atoms with Crippen molar-refractivity contribution in [1.29, 1.82) is 5.26 Å². The number of benzene rings is 1. The maximum atomic E-state index is 12.9. The summed E-state index contributed by atoms with van der Waals surface area (Å²) in [7, 11) is 0. The molecule has 2 fully saturated rings. The van der Waals surface area contributed by atoms with Gasteiger partial charge in [0.15, 0.2) is 0 Å². The van der Waals surface area contributed by atoms with Crippen LogP contribution in [0, 0.1) is 18.3 Å². The second kappa shape index (κ2) is 6.36. The highest BCUT2D eigenvalue weighted by Crippen LogP contribution is 2.41. The minimum atomic E-state index is 0.0209. The molecule has 0 spiro atoms. The van der Waals surface area contributed by atoms with Crippen molar-refractivity contribution in [2.24, 2.45) is 0 Å². The van der Waals surface area contributed by atoms with Crippen molar-refractivity contribution in [3.8, 4) is 6.07 Å². The summed E-state index contributed by atoms with van der Waals surface area (Å²) in [5.41, 5.74) is 2.32. The van der Waals surface area contributed by atoms with E-state index in [0.29, 0.717) is 29.6 Å². The summed E-state index contributed by atoms with van der Waals surface area (Å²) in [5.74, 6) is 1.82. The molecule has 1 aliphatic carbocycles. The third-order valence-corrected chi connectivity index (χ3v) is 5.24. The van der Waals surface area contributed by atoms with Crippen molar-refractivity contribution in [1.82, 2.24) is 14.5 Å². The van der Waals surface area contributed by atoms with Crippen molar-refractivity contribution in [3.05, 3.63) is 53.1 Å². The summed E-state index contributed by atoms with van der Waals surface area (Å²) in [4.78, 5) is 19.4. The van der Waals surface area contributed by atoms with Gasteiger partial charge in [-0.2, -0.15) is 5.26 Å². The number of likely N-dealkylation sites (tertiary alicyclic amines) is 1. The topological polar surface area (TPSA) is 61.9 Å².